The van der Waals surface area contributed by atoms with Crippen molar-refractivity contribution < 1.29 is 25.2 Å². The predicted octanol–water partition coefficient (Wildman–Crippen LogP) is -3.64. The molecule has 7 heteroatoms. The van der Waals surface area contributed by atoms with Crippen molar-refractivity contribution in [2.75, 3.05) is 6.61 Å². The van der Waals surface area contributed by atoms with Gasteiger partial charge in [-0.1, -0.05) is 0 Å². The van der Waals surface area contributed by atoms with E-state index in [0.29, 0.717) is 0 Å². The van der Waals surface area contributed by atoms with Crippen LogP contribution in [0.2, 0.25) is 0 Å². The van der Waals surface area contributed by atoms with Crippen molar-refractivity contribution in [1.29, 1.82) is 0 Å². The van der Waals surface area contributed by atoms with Gasteiger partial charge in [0.05, 0.1) is 12.6 Å². The minimum absolute atomic E-state index is 0. The Hall–Kier alpha value is 1.02. The maximum Gasteiger partial charge on any atom is 0.173 e. The van der Waals surface area contributed by atoms with E-state index in [0.717, 1.165) is 0 Å². The molecule has 0 aromatic heterocycles. The fourth-order valence-electron chi connectivity index (χ4n) is 1.12. The predicted molar refractivity (Wildman–Crippen MR) is 43.7 cm³/mol. The molecule has 0 bridgehead atoms. The van der Waals surface area contributed by atoms with Gasteiger partial charge in [0.2, 0.25) is 0 Å². The van der Waals surface area contributed by atoms with Gasteiger partial charge < -0.3 is 30.9 Å². The van der Waals surface area contributed by atoms with Gasteiger partial charge in [0.15, 0.2) is 6.29 Å². The summed E-state index contributed by atoms with van der Waals surface area (Å²) in [7, 11) is 0. The fourth-order valence-corrected chi connectivity index (χ4v) is 1.12. The van der Waals surface area contributed by atoms with Crippen LogP contribution < -0.4 is 5.73 Å². The van der Waals surface area contributed by atoms with Crippen LogP contribution in [0.25, 0.3) is 0 Å². The summed E-state index contributed by atoms with van der Waals surface area (Å²) in [6.45, 7) is -0.470. The van der Waals surface area contributed by atoms with Gasteiger partial charge in [-0.3, -0.25) is 0 Å². The van der Waals surface area contributed by atoms with E-state index in [9.17, 15) is 10.2 Å². The van der Waals surface area contributed by atoms with Gasteiger partial charge in [0.1, 0.15) is 18.3 Å². The molecule has 1 aliphatic heterocycles. The zero-order valence-corrected chi connectivity index (χ0v) is 9.28. The number of aliphatic hydroxyl groups excluding tert-OH is 4. The molecule has 6 N–H and O–H groups in total. The van der Waals surface area contributed by atoms with Crippen molar-refractivity contribution in [2.45, 2.75) is 30.6 Å². The zero-order valence-electron chi connectivity index (χ0n) is 7.08. The molecule has 74 valence electrons. The monoisotopic (exact) mass is 219 g/mol. The Balaban J connectivity index is 0.00000144. The second-order valence-electron chi connectivity index (χ2n) is 2.81. The average Bonchev–Trinajstić information content (AvgIpc) is 2.08. The molecule has 0 spiro atoms. The Kier molecular flexibility index (Phi) is 6.25. The molecule has 0 aromatic rings. The van der Waals surface area contributed by atoms with Gasteiger partial charge >= 0.3 is 0 Å². The van der Waals surface area contributed by atoms with Crippen molar-refractivity contribution in [2.24, 2.45) is 5.73 Å². The minimum Gasteiger partial charge on any atom is -0.394 e. The topological polar surface area (TPSA) is 116 Å². The standard InChI is InChI=1S/C6H13NO5.Ca/c7-3-5(10)4(9)2(1-8)12-6(3)11;/h2-6,8-11H,1,7H2;/t2-,3-,4-,5-,6?;/m1./s1. The SMILES string of the molecule is N[C@H]1C(O)O[C@H](CO)[C@@H](O)[C@@H]1O.[Ca]. The largest absolute Gasteiger partial charge is 0.394 e. The van der Waals surface area contributed by atoms with Crippen LogP contribution in [0.4, 0.5) is 0 Å². The number of rotatable bonds is 1. The number of hydrogen-bond acceptors (Lipinski definition) is 6. The van der Waals surface area contributed by atoms with Crippen LogP contribution in [0.1, 0.15) is 0 Å². The van der Waals surface area contributed by atoms with Crippen LogP contribution in [0.3, 0.4) is 0 Å². The Morgan fingerprint density at radius 3 is 2.15 bits per heavy atom. The Bertz CT molecular complexity index is 155. The number of nitrogens with two attached hydrogens (primary N) is 1. The second kappa shape index (κ2) is 5.79. The molecule has 0 amide bonds. The summed E-state index contributed by atoms with van der Waals surface area (Å²) >= 11 is 0. The molecule has 1 heterocycles. The van der Waals surface area contributed by atoms with Crippen molar-refractivity contribution in [3.05, 3.63) is 0 Å². The van der Waals surface area contributed by atoms with E-state index in [2.05, 4.69) is 0 Å². The quantitative estimate of drug-likeness (QED) is 0.291. The Labute approximate surface area is 105 Å². The first-order valence-electron chi connectivity index (χ1n) is 3.64. The zero-order chi connectivity index (χ0) is 9.30. The summed E-state index contributed by atoms with van der Waals surface area (Å²) in [5, 5.41) is 36.1. The van der Waals surface area contributed by atoms with E-state index in [-0.39, 0.29) is 37.7 Å². The van der Waals surface area contributed by atoms with E-state index < -0.39 is 37.3 Å². The van der Waals surface area contributed by atoms with Gasteiger partial charge in [-0.2, -0.15) is 0 Å². The summed E-state index contributed by atoms with van der Waals surface area (Å²) in [6, 6.07) is -1.04. The summed E-state index contributed by atoms with van der Waals surface area (Å²) in [6.07, 6.45) is -4.85. The molecule has 0 saturated carbocycles. The molecule has 1 saturated heterocycles. The average molecular weight is 219 g/mol. The minimum atomic E-state index is -1.35. The molecule has 1 rings (SSSR count). The van der Waals surface area contributed by atoms with Crippen LogP contribution in [0.15, 0.2) is 0 Å². The third-order valence-corrected chi connectivity index (χ3v) is 1.95. The molecule has 1 unspecified atom stereocenters. The number of aliphatic hydroxyl groups is 4. The normalized spacial score (nSPS) is 45.5. The van der Waals surface area contributed by atoms with Crippen molar-refractivity contribution in [3.63, 3.8) is 0 Å². The summed E-state index contributed by atoms with van der Waals surface area (Å²) in [4.78, 5) is 0. The molecule has 0 aliphatic carbocycles. The Morgan fingerprint density at radius 2 is 1.69 bits per heavy atom. The molecule has 0 aromatic carbocycles. The van der Waals surface area contributed by atoms with Crippen LogP contribution in [0.5, 0.6) is 0 Å². The molecule has 1 aliphatic rings. The van der Waals surface area contributed by atoms with Crippen LogP contribution >= 0.6 is 0 Å². The van der Waals surface area contributed by atoms with Crippen LogP contribution in [0, 0.1) is 0 Å². The first-order chi connectivity index (χ1) is 5.57. The van der Waals surface area contributed by atoms with E-state index >= 15 is 0 Å². The summed E-state index contributed by atoms with van der Waals surface area (Å²) in [5.74, 6) is 0. The fraction of sp³-hybridized carbons (Fsp3) is 1.00. The second-order valence-corrected chi connectivity index (χ2v) is 2.81. The molecular formula is C6H13CaNO5. The Morgan fingerprint density at radius 1 is 1.15 bits per heavy atom. The van der Waals surface area contributed by atoms with Crippen LogP contribution in [-0.4, -0.2) is 95.4 Å². The number of hydrogen-bond donors (Lipinski definition) is 5. The van der Waals surface area contributed by atoms with E-state index in [1.54, 1.807) is 0 Å². The van der Waals surface area contributed by atoms with Crippen molar-refractivity contribution >= 4 is 37.7 Å². The van der Waals surface area contributed by atoms with Crippen LogP contribution in [-0.2, 0) is 4.74 Å². The van der Waals surface area contributed by atoms with Crippen molar-refractivity contribution in [1.82, 2.24) is 0 Å². The first-order valence-corrected chi connectivity index (χ1v) is 3.64. The third kappa shape index (κ3) is 2.98. The number of ether oxygens (including phenoxy) is 1. The van der Waals surface area contributed by atoms with Gasteiger partial charge in [0.25, 0.3) is 0 Å². The molecule has 6 nitrogen and oxygen atoms in total. The smallest absolute Gasteiger partial charge is 0.173 e. The van der Waals surface area contributed by atoms with Crippen molar-refractivity contribution in [3.8, 4) is 0 Å². The van der Waals surface area contributed by atoms with Gasteiger partial charge in [-0.05, 0) is 0 Å². The van der Waals surface area contributed by atoms with E-state index in [4.69, 9.17) is 20.7 Å². The summed E-state index contributed by atoms with van der Waals surface area (Å²) < 4.78 is 4.70. The molecule has 2 radical (unpaired) electrons. The molecule has 1 fully saturated rings. The van der Waals surface area contributed by atoms with E-state index in [1.165, 1.54) is 0 Å². The van der Waals surface area contributed by atoms with E-state index in [1.807, 2.05) is 0 Å². The molecular weight excluding hydrogens is 206 g/mol. The van der Waals surface area contributed by atoms with Gasteiger partial charge in [0, 0.05) is 37.7 Å². The maximum absolute atomic E-state index is 9.20. The first kappa shape index (κ1) is 14.0. The molecule has 5 atom stereocenters. The van der Waals surface area contributed by atoms with Gasteiger partial charge in [-0.25, -0.2) is 0 Å². The summed E-state index contributed by atoms with van der Waals surface area (Å²) in [5.41, 5.74) is 5.26. The maximum atomic E-state index is 9.20. The molecule has 13 heavy (non-hydrogen) atoms. The third-order valence-electron chi connectivity index (χ3n) is 1.95. The van der Waals surface area contributed by atoms with Gasteiger partial charge in [-0.15, -0.1) is 0 Å².